The fraction of sp³-hybridized carbons (Fsp3) is 0.533. The molecule has 106 valence electrons. The topological polar surface area (TPSA) is 38.3 Å². The van der Waals surface area contributed by atoms with E-state index in [4.69, 9.17) is 4.74 Å². The normalized spacial score (nSPS) is 11.4. The van der Waals surface area contributed by atoms with E-state index in [9.17, 15) is 9.18 Å². The summed E-state index contributed by atoms with van der Waals surface area (Å²) in [6, 6.07) is 4.62. The Labute approximate surface area is 114 Å². The maximum Gasteiger partial charge on any atom is 0.165 e. The molecule has 3 nitrogen and oxygen atoms in total. The number of nitrogens with one attached hydrogen (secondary N) is 1. The summed E-state index contributed by atoms with van der Waals surface area (Å²) in [5.74, 6) is -0.132. The number of carbonyl (C=O) groups is 1. The van der Waals surface area contributed by atoms with E-state index >= 15 is 0 Å². The molecule has 0 heterocycles. The van der Waals surface area contributed by atoms with Gasteiger partial charge < -0.3 is 10.1 Å². The molecule has 0 spiro atoms. The number of Topliss-reactive ketones (excluding diaryl/α,β-unsaturated/α-hetero) is 1. The van der Waals surface area contributed by atoms with Crippen LogP contribution in [0.2, 0.25) is 0 Å². The molecule has 0 aliphatic carbocycles. The number of hydrogen-bond acceptors (Lipinski definition) is 3. The lowest BCUT2D eigenvalue weighted by Gasteiger charge is -2.20. The smallest absolute Gasteiger partial charge is 0.165 e. The summed E-state index contributed by atoms with van der Waals surface area (Å²) < 4.78 is 18.3. The molecule has 1 N–H and O–H groups in total. The molecule has 0 amide bonds. The Morgan fingerprint density at radius 3 is 2.58 bits per heavy atom. The van der Waals surface area contributed by atoms with E-state index in [0.29, 0.717) is 18.5 Å². The molecule has 4 heteroatoms. The van der Waals surface area contributed by atoms with Gasteiger partial charge in [-0.25, -0.2) is 4.39 Å². The van der Waals surface area contributed by atoms with E-state index in [0.717, 1.165) is 0 Å². The van der Waals surface area contributed by atoms with E-state index in [1.165, 1.54) is 13.2 Å². The molecular weight excluding hydrogens is 245 g/mol. The Kier molecular flexibility index (Phi) is 5.48. The van der Waals surface area contributed by atoms with Crippen LogP contribution in [-0.2, 0) is 11.2 Å². The highest BCUT2D eigenvalue weighted by Crippen LogP contribution is 2.18. The van der Waals surface area contributed by atoms with Crippen molar-refractivity contribution in [1.29, 1.82) is 0 Å². The second kappa shape index (κ2) is 6.66. The number of rotatable bonds is 6. The van der Waals surface area contributed by atoms with Crippen molar-refractivity contribution in [3.05, 3.63) is 29.6 Å². The van der Waals surface area contributed by atoms with Gasteiger partial charge in [0, 0.05) is 24.9 Å². The quantitative estimate of drug-likeness (QED) is 0.861. The predicted octanol–water partition coefficient (Wildman–Crippen LogP) is 2.72. The monoisotopic (exact) mass is 267 g/mol. The van der Waals surface area contributed by atoms with Gasteiger partial charge in [-0.05, 0) is 38.5 Å². The van der Waals surface area contributed by atoms with Gasteiger partial charge in [0.1, 0.15) is 5.78 Å². The first-order valence-electron chi connectivity index (χ1n) is 6.41. The number of ketones is 1. The molecule has 0 fully saturated rings. The number of hydrogen-bond donors (Lipinski definition) is 1. The van der Waals surface area contributed by atoms with Crippen molar-refractivity contribution >= 4 is 5.78 Å². The van der Waals surface area contributed by atoms with Crippen LogP contribution in [0, 0.1) is 5.82 Å². The lowest BCUT2D eigenvalue weighted by Crippen LogP contribution is -2.37. The van der Waals surface area contributed by atoms with Crippen molar-refractivity contribution in [2.24, 2.45) is 0 Å². The van der Waals surface area contributed by atoms with Crippen LogP contribution in [0.15, 0.2) is 18.2 Å². The van der Waals surface area contributed by atoms with Crippen LogP contribution in [0.4, 0.5) is 4.39 Å². The molecule has 0 saturated heterocycles. The van der Waals surface area contributed by atoms with Gasteiger partial charge in [-0.1, -0.05) is 6.07 Å². The number of halogens is 1. The molecule has 0 aromatic heterocycles. The van der Waals surface area contributed by atoms with Crippen LogP contribution in [0.25, 0.3) is 0 Å². The minimum absolute atomic E-state index is 0.00645. The molecule has 1 rings (SSSR count). The Morgan fingerprint density at radius 2 is 2.05 bits per heavy atom. The van der Waals surface area contributed by atoms with Crippen molar-refractivity contribution < 1.29 is 13.9 Å². The molecule has 0 radical (unpaired) electrons. The average Bonchev–Trinajstić information content (AvgIpc) is 2.27. The summed E-state index contributed by atoms with van der Waals surface area (Å²) in [5, 5.41) is 3.25. The number of carbonyl (C=O) groups excluding carboxylic acids is 1. The SMILES string of the molecule is COc1ccc(CC(=O)CCNC(C)(C)C)cc1F. The van der Waals surface area contributed by atoms with Crippen LogP contribution in [0.5, 0.6) is 5.75 Å². The van der Waals surface area contributed by atoms with E-state index in [-0.39, 0.29) is 23.5 Å². The van der Waals surface area contributed by atoms with Crippen LogP contribution >= 0.6 is 0 Å². The van der Waals surface area contributed by atoms with Crippen molar-refractivity contribution in [3.8, 4) is 5.75 Å². The molecule has 19 heavy (non-hydrogen) atoms. The zero-order valence-electron chi connectivity index (χ0n) is 12.0. The van der Waals surface area contributed by atoms with E-state index in [1.807, 2.05) is 0 Å². The third-order valence-corrected chi connectivity index (χ3v) is 2.68. The molecule has 1 aromatic carbocycles. The van der Waals surface area contributed by atoms with Gasteiger partial charge in [-0.2, -0.15) is 0 Å². The van der Waals surface area contributed by atoms with Crippen LogP contribution in [0.1, 0.15) is 32.8 Å². The van der Waals surface area contributed by atoms with Crippen molar-refractivity contribution in [1.82, 2.24) is 5.32 Å². The summed E-state index contributed by atoms with van der Waals surface area (Å²) in [7, 11) is 1.42. The lowest BCUT2D eigenvalue weighted by molar-refractivity contribution is -0.118. The first kappa shape index (κ1) is 15.6. The van der Waals surface area contributed by atoms with Crippen molar-refractivity contribution in [3.63, 3.8) is 0 Å². The summed E-state index contributed by atoms with van der Waals surface area (Å²) in [6.45, 7) is 6.80. The van der Waals surface area contributed by atoms with Gasteiger partial charge in [0.25, 0.3) is 0 Å². The number of methoxy groups -OCH3 is 1. The van der Waals surface area contributed by atoms with Crippen LogP contribution in [0.3, 0.4) is 0 Å². The fourth-order valence-corrected chi connectivity index (χ4v) is 1.71. The van der Waals surface area contributed by atoms with Gasteiger partial charge in [0.05, 0.1) is 7.11 Å². The third kappa shape index (κ3) is 5.83. The average molecular weight is 267 g/mol. The molecule has 0 atom stereocenters. The van der Waals surface area contributed by atoms with Gasteiger partial charge in [0.15, 0.2) is 11.6 Å². The Balaban J connectivity index is 2.46. The Bertz CT molecular complexity index is 438. The standard InChI is InChI=1S/C15H22FNO2/c1-15(2,3)17-8-7-12(18)9-11-5-6-14(19-4)13(16)10-11/h5-6,10,17H,7-9H2,1-4H3. The van der Waals surface area contributed by atoms with Gasteiger partial charge in [-0.3, -0.25) is 4.79 Å². The highest BCUT2D eigenvalue weighted by atomic mass is 19.1. The molecule has 0 bridgehead atoms. The molecular formula is C15H22FNO2. The first-order valence-corrected chi connectivity index (χ1v) is 6.41. The Hall–Kier alpha value is -1.42. The summed E-state index contributed by atoms with van der Waals surface area (Å²) >= 11 is 0. The van der Waals surface area contributed by atoms with E-state index in [1.54, 1.807) is 12.1 Å². The zero-order chi connectivity index (χ0) is 14.5. The Morgan fingerprint density at radius 1 is 1.37 bits per heavy atom. The third-order valence-electron chi connectivity index (χ3n) is 2.68. The number of ether oxygens (including phenoxy) is 1. The molecule has 0 aliphatic heterocycles. The summed E-state index contributed by atoms with van der Waals surface area (Å²) in [5.41, 5.74) is 0.686. The summed E-state index contributed by atoms with van der Waals surface area (Å²) in [4.78, 5) is 11.8. The first-order chi connectivity index (χ1) is 8.81. The second-order valence-corrected chi connectivity index (χ2v) is 5.61. The fourth-order valence-electron chi connectivity index (χ4n) is 1.71. The maximum absolute atomic E-state index is 13.5. The van der Waals surface area contributed by atoms with E-state index < -0.39 is 5.82 Å². The van der Waals surface area contributed by atoms with Gasteiger partial charge >= 0.3 is 0 Å². The highest BCUT2D eigenvalue weighted by molar-refractivity contribution is 5.81. The van der Waals surface area contributed by atoms with Gasteiger partial charge in [0.2, 0.25) is 0 Å². The molecule has 0 aliphatic rings. The molecule has 0 unspecified atom stereocenters. The lowest BCUT2D eigenvalue weighted by atomic mass is 10.1. The van der Waals surface area contributed by atoms with Crippen LogP contribution in [-0.4, -0.2) is 25.0 Å². The van der Waals surface area contributed by atoms with Gasteiger partial charge in [-0.15, -0.1) is 0 Å². The second-order valence-electron chi connectivity index (χ2n) is 5.61. The van der Waals surface area contributed by atoms with Crippen molar-refractivity contribution in [2.45, 2.75) is 39.2 Å². The maximum atomic E-state index is 13.5. The predicted molar refractivity (Wildman–Crippen MR) is 74.0 cm³/mol. The minimum atomic E-state index is -0.430. The van der Waals surface area contributed by atoms with Crippen LogP contribution < -0.4 is 10.1 Å². The highest BCUT2D eigenvalue weighted by Gasteiger charge is 2.11. The summed E-state index contributed by atoms with van der Waals surface area (Å²) in [6.07, 6.45) is 0.706. The molecule has 0 saturated carbocycles. The number of benzene rings is 1. The zero-order valence-corrected chi connectivity index (χ0v) is 12.0. The van der Waals surface area contributed by atoms with Crippen molar-refractivity contribution in [2.75, 3.05) is 13.7 Å². The molecule has 1 aromatic rings. The minimum Gasteiger partial charge on any atom is -0.494 e. The van der Waals surface area contributed by atoms with E-state index in [2.05, 4.69) is 26.1 Å². The largest absolute Gasteiger partial charge is 0.494 e.